The van der Waals surface area contributed by atoms with Gasteiger partial charge in [-0.3, -0.25) is 14.6 Å². The average molecular weight is 654 g/mol. The van der Waals surface area contributed by atoms with Crippen molar-refractivity contribution < 1.29 is 28.9 Å². The van der Waals surface area contributed by atoms with Crippen molar-refractivity contribution in [2.24, 2.45) is 4.99 Å². The number of carbonyl (C=O) groups excluding carboxylic acids is 2. The maximum Gasteiger partial charge on any atom is 0.257 e. The molecule has 3 heterocycles. The molecular formula is C37H36ClN3O6. The Kier molecular flexibility index (Phi) is 8.75. The van der Waals surface area contributed by atoms with Gasteiger partial charge in [0.1, 0.15) is 12.4 Å². The number of carbonyl (C=O) groups is 2. The number of alkyl halides is 1. The van der Waals surface area contributed by atoms with Crippen LogP contribution in [0, 0.1) is 0 Å². The van der Waals surface area contributed by atoms with Crippen LogP contribution >= 0.6 is 11.6 Å². The molecule has 0 bridgehead atoms. The molecule has 0 saturated heterocycles. The Labute approximate surface area is 278 Å². The number of nitrogens with zero attached hydrogens (tertiary/aromatic N) is 3. The van der Waals surface area contributed by atoms with Gasteiger partial charge in [-0.2, -0.15) is 0 Å². The summed E-state index contributed by atoms with van der Waals surface area (Å²) < 4.78 is 17.3. The third kappa shape index (κ3) is 5.90. The number of methoxy groups -OCH3 is 1. The van der Waals surface area contributed by atoms with E-state index >= 15 is 0 Å². The standard InChI is InChI=1S/C37H36ClN3O6/c1-45-33-17-29-30(39-21-26-16-24(23-6-2-3-7-23)10-12-40(26)37(29)44)18-34(33)47-15-14-46-13-11-35(43)41-22-25(20-38)36-28-9-5-4-8-27(28)32(42)19-31(36)41/h2,4-10,17-19,21,25-26,42H,3,11-16,20,22H2,1H3/t25-,26+/m1/s1. The molecule has 242 valence electrons. The topological polar surface area (TPSA) is 101 Å². The zero-order valence-corrected chi connectivity index (χ0v) is 26.9. The Morgan fingerprint density at radius 1 is 1.09 bits per heavy atom. The van der Waals surface area contributed by atoms with Crippen LogP contribution in [-0.4, -0.2) is 80.0 Å². The molecule has 3 aliphatic heterocycles. The summed E-state index contributed by atoms with van der Waals surface area (Å²) in [5, 5.41) is 12.3. The van der Waals surface area contributed by atoms with E-state index in [0.717, 1.165) is 29.2 Å². The number of benzene rings is 3. The van der Waals surface area contributed by atoms with Gasteiger partial charge in [0.25, 0.3) is 5.91 Å². The van der Waals surface area contributed by atoms with Crippen molar-refractivity contribution in [1.29, 1.82) is 0 Å². The van der Waals surface area contributed by atoms with E-state index in [1.165, 1.54) is 18.3 Å². The molecule has 2 amide bonds. The molecule has 4 aliphatic rings. The molecular weight excluding hydrogens is 618 g/mol. The van der Waals surface area contributed by atoms with Crippen LogP contribution in [0.4, 0.5) is 11.4 Å². The molecule has 7 rings (SSSR count). The number of hydrogen-bond donors (Lipinski definition) is 1. The van der Waals surface area contributed by atoms with E-state index in [-0.39, 0.29) is 55.8 Å². The molecule has 0 spiro atoms. The lowest BCUT2D eigenvalue weighted by Crippen LogP contribution is -2.43. The molecule has 0 radical (unpaired) electrons. The highest BCUT2D eigenvalue weighted by Gasteiger charge is 2.35. The Balaban J connectivity index is 0.951. The normalized spacial score (nSPS) is 19.7. The molecule has 0 aromatic heterocycles. The number of allylic oxidation sites excluding steroid dienone is 4. The number of halogens is 1. The van der Waals surface area contributed by atoms with E-state index in [1.807, 2.05) is 35.4 Å². The number of fused-ring (bicyclic) bond motifs is 5. The van der Waals surface area contributed by atoms with Gasteiger partial charge in [0.2, 0.25) is 5.91 Å². The molecule has 9 nitrogen and oxygen atoms in total. The van der Waals surface area contributed by atoms with Crippen molar-refractivity contribution in [1.82, 2.24) is 4.90 Å². The quantitative estimate of drug-likeness (QED) is 0.199. The molecule has 0 saturated carbocycles. The molecule has 0 fully saturated rings. The minimum Gasteiger partial charge on any atom is -0.507 e. The molecule has 0 unspecified atom stereocenters. The van der Waals surface area contributed by atoms with Crippen LogP contribution < -0.4 is 14.4 Å². The smallest absolute Gasteiger partial charge is 0.257 e. The first-order valence-electron chi connectivity index (χ1n) is 15.9. The summed E-state index contributed by atoms with van der Waals surface area (Å²) in [6.07, 6.45) is 12.3. The van der Waals surface area contributed by atoms with E-state index in [2.05, 4.69) is 24.3 Å². The summed E-state index contributed by atoms with van der Waals surface area (Å²) in [5.74, 6) is 1.20. The number of aromatic hydroxyl groups is 1. The first kappa shape index (κ1) is 31.0. The molecule has 1 N–H and O–H groups in total. The fourth-order valence-corrected chi connectivity index (χ4v) is 7.13. The van der Waals surface area contributed by atoms with Crippen molar-refractivity contribution >= 4 is 51.8 Å². The number of ether oxygens (including phenoxy) is 3. The predicted molar refractivity (Wildman–Crippen MR) is 183 cm³/mol. The molecule has 2 atom stereocenters. The Morgan fingerprint density at radius 2 is 1.94 bits per heavy atom. The maximum atomic E-state index is 13.6. The van der Waals surface area contributed by atoms with E-state index in [4.69, 9.17) is 30.8 Å². The predicted octanol–water partition coefficient (Wildman–Crippen LogP) is 6.45. The fraction of sp³-hybridized carbons (Fsp3) is 0.324. The zero-order chi connectivity index (χ0) is 32.5. The molecule has 10 heteroatoms. The summed E-state index contributed by atoms with van der Waals surface area (Å²) in [6.45, 7) is 1.65. The van der Waals surface area contributed by atoms with Gasteiger partial charge in [0, 0.05) is 48.6 Å². The van der Waals surface area contributed by atoms with Crippen molar-refractivity contribution in [3.63, 3.8) is 0 Å². The van der Waals surface area contributed by atoms with Crippen LogP contribution in [0.3, 0.4) is 0 Å². The lowest BCUT2D eigenvalue weighted by molar-refractivity contribution is -0.119. The average Bonchev–Trinajstić information content (AvgIpc) is 3.74. The summed E-state index contributed by atoms with van der Waals surface area (Å²) in [4.78, 5) is 35.0. The van der Waals surface area contributed by atoms with Crippen LogP contribution in [0.2, 0.25) is 0 Å². The van der Waals surface area contributed by atoms with Crippen LogP contribution in [0.5, 0.6) is 17.2 Å². The van der Waals surface area contributed by atoms with Gasteiger partial charge in [-0.05, 0) is 41.0 Å². The van der Waals surface area contributed by atoms with Crippen molar-refractivity contribution in [2.45, 2.75) is 31.2 Å². The van der Waals surface area contributed by atoms with Crippen LogP contribution in [0.25, 0.3) is 10.8 Å². The highest BCUT2D eigenvalue weighted by molar-refractivity contribution is 6.19. The van der Waals surface area contributed by atoms with Crippen molar-refractivity contribution in [3.8, 4) is 17.2 Å². The second kappa shape index (κ2) is 13.3. The summed E-state index contributed by atoms with van der Waals surface area (Å²) in [6, 6.07) is 12.6. The number of amides is 2. The second-order valence-corrected chi connectivity index (χ2v) is 12.3. The van der Waals surface area contributed by atoms with Gasteiger partial charge in [0.15, 0.2) is 11.5 Å². The maximum absolute atomic E-state index is 13.6. The number of rotatable bonds is 10. The van der Waals surface area contributed by atoms with Gasteiger partial charge < -0.3 is 29.1 Å². The lowest BCUT2D eigenvalue weighted by atomic mass is 9.94. The first-order valence-corrected chi connectivity index (χ1v) is 16.4. The molecule has 3 aromatic carbocycles. The number of phenols is 1. The van der Waals surface area contributed by atoms with Crippen LogP contribution in [0.15, 0.2) is 82.9 Å². The molecule has 47 heavy (non-hydrogen) atoms. The largest absolute Gasteiger partial charge is 0.507 e. The van der Waals surface area contributed by atoms with Crippen LogP contribution in [0.1, 0.15) is 41.1 Å². The zero-order valence-electron chi connectivity index (χ0n) is 26.2. The highest BCUT2D eigenvalue weighted by atomic mass is 35.5. The number of aliphatic imine (C=N–C) groups is 1. The van der Waals surface area contributed by atoms with Crippen molar-refractivity contribution in [2.75, 3.05) is 50.8 Å². The van der Waals surface area contributed by atoms with E-state index < -0.39 is 0 Å². The first-order chi connectivity index (χ1) is 23.0. The van der Waals surface area contributed by atoms with E-state index in [9.17, 15) is 14.7 Å². The monoisotopic (exact) mass is 653 g/mol. The SMILES string of the molecule is COc1cc2c(cc1OCCOCCC(=O)N1C[C@@H](CCl)c3c1cc(O)c1ccccc31)N=C[C@@H]1CC(C3=CCC=C3)=CCN1C2=O. The van der Waals surface area contributed by atoms with E-state index in [0.29, 0.717) is 47.4 Å². The fourth-order valence-electron chi connectivity index (χ4n) is 6.88. The third-order valence-corrected chi connectivity index (χ3v) is 9.61. The number of phenolic OH excluding ortho intramolecular Hbond substituents is 1. The third-order valence-electron chi connectivity index (χ3n) is 9.24. The lowest BCUT2D eigenvalue weighted by Gasteiger charge is -2.32. The summed E-state index contributed by atoms with van der Waals surface area (Å²) in [5.41, 5.74) is 5.17. The summed E-state index contributed by atoms with van der Waals surface area (Å²) >= 11 is 6.31. The van der Waals surface area contributed by atoms with Gasteiger partial charge in [-0.1, -0.05) is 48.6 Å². The Hall–Kier alpha value is -4.60. The Bertz CT molecular complexity index is 1860. The van der Waals surface area contributed by atoms with Gasteiger partial charge in [0.05, 0.1) is 49.7 Å². The minimum absolute atomic E-state index is 0.0201. The van der Waals surface area contributed by atoms with Crippen molar-refractivity contribution in [3.05, 3.63) is 89.0 Å². The van der Waals surface area contributed by atoms with Gasteiger partial charge in [-0.15, -0.1) is 11.6 Å². The second-order valence-electron chi connectivity index (χ2n) is 12.0. The summed E-state index contributed by atoms with van der Waals surface area (Å²) in [7, 11) is 1.54. The Morgan fingerprint density at radius 3 is 2.72 bits per heavy atom. The highest BCUT2D eigenvalue weighted by Crippen LogP contribution is 2.45. The molecule has 1 aliphatic carbocycles. The minimum atomic E-state index is -0.129. The van der Waals surface area contributed by atoms with E-state index in [1.54, 1.807) is 23.1 Å². The number of hydrogen-bond acceptors (Lipinski definition) is 7. The van der Waals surface area contributed by atoms with Gasteiger partial charge in [-0.25, -0.2) is 0 Å². The van der Waals surface area contributed by atoms with Crippen LogP contribution in [-0.2, 0) is 9.53 Å². The number of anilines is 1. The molecule has 3 aromatic rings. The van der Waals surface area contributed by atoms with Gasteiger partial charge >= 0.3 is 0 Å².